The highest BCUT2D eigenvalue weighted by molar-refractivity contribution is 5.93. The molecule has 2 rings (SSSR count). The molecule has 2 aromatic carbocycles. The van der Waals surface area contributed by atoms with Gasteiger partial charge in [0.15, 0.2) is 11.5 Å². The minimum absolute atomic E-state index is 0.0105. The lowest BCUT2D eigenvalue weighted by Gasteiger charge is -2.12. The second-order valence-corrected chi connectivity index (χ2v) is 6.30. The van der Waals surface area contributed by atoms with Crippen LogP contribution in [-0.2, 0) is 9.59 Å². The zero-order valence-electron chi connectivity index (χ0n) is 17.4. The van der Waals surface area contributed by atoms with E-state index in [2.05, 4.69) is 15.8 Å². The van der Waals surface area contributed by atoms with E-state index in [4.69, 9.17) is 14.2 Å². The summed E-state index contributed by atoms with van der Waals surface area (Å²) in [4.78, 5) is 24.0. The number of hydrogen-bond acceptors (Lipinski definition) is 6. The average molecular weight is 413 g/mol. The molecule has 0 heterocycles. The third-order valence-electron chi connectivity index (χ3n) is 4.03. The molecule has 30 heavy (non-hydrogen) atoms. The number of amides is 2. The van der Waals surface area contributed by atoms with Gasteiger partial charge in [0.1, 0.15) is 5.75 Å². The van der Waals surface area contributed by atoms with Gasteiger partial charge in [-0.1, -0.05) is 13.0 Å². The molecule has 8 nitrogen and oxygen atoms in total. The van der Waals surface area contributed by atoms with Gasteiger partial charge in [-0.15, -0.1) is 0 Å². The van der Waals surface area contributed by atoms with Crippen molar-refractivity contribution in [2.75, 3.05) is 26.1 Å². The van der Waals surface area contributed by atoms with E-state index in [0.717, 1.165) is 6.42 Å². The number of nitrogens with one attached hydrogen (secondary N) is 2. The lowest BCUT2D eigenvalue weighted by atomic mass is 10.2. The number of carbonyl (C=O) groups excluding carboxylic acids is 2. The van der Waals surface area contributed by atoms with Gasteiger partial charge in [-0.05, 0) is 42.8 Å². The normalized spacial score (nSPS) is 10.5. The van der Waals surface area contributed by atoms with E-state index in [-0.39, 0.29) is 24.7 Å². The molecule has 0 aliphatic carbocycles. The fourth-order valence-electron chi connectivity index (χ4n) is 2.51. The van der Waals surface area contributed by atoms with E-state index in [9.17, 15) is 9.59 Å². The van der Waals surface area contributed by atoms with Crippen LogP contribution < -0.4 is 25.0 Å². The Kier molecular flexibility index (Phi) is 9.18. The summed E-state index contributed by atoms with van der Waals surface area (Å²) in [5, 5.41) is 6.69. The van der Waals surface area contributed by atoms with Crippen LogP contribution in [0.15, 0.2) is 47.6 Å². The molecule has 8 heteroatoms. The van der Waals surface area contributed by atoms with Crippen molar-refractivity contribution >= 4 is 23.7 Å². The molecule has 0 saturated carbocycles. The number of hydrazone groups is 1. The first-order valence-corrected chi connectivity index (χ1v) is 9.63. The van der Waals surface area contributed by atoms with Crippen LogP contribution in [0.5, 0.6) is 17.2 Å². The molecule has 0 saturated heterocycles. The lowest BCUT2D eigenvalue weighted by molar-refractivity contribution is -0.124. The highest BCUT2D eigenvalue weighted by Gasteiger charge is 2.10. The van der Waals surface area contributed by atoms with Gasteiger partial charge in [0, 0.05) is 24.1 Å². The molecule has 160 valence electrons. The number of benzene rings is 2. The predicted octanol–water partition coefficient (Wildman–Crippen LogP) is 3.36. The van der Waals surface area contributed by atoms with E-state index in [1.165, 1.54) is 6.21 Å². The molecule has 0 radical (unpaired) electrons. The standard InChI is InChI=1S/C22H27N3O5/c1-4-14-30-22-16(6-5-7-19(22)29-3)15-23-25-21(27)13-12-20(26)24-17-8-10-18(28-2)11-9-17/h5-11,15H,4,12-14H2,1-3H3,(H,24,26)(H,25,27). The van der Waals surface area contributed by atoms with E-state index in [1.807, 2.05) is 19.1 Å². The fourth-order valence-corrected chi connectivity index (χ4v) is 2.51. The van der Waals surface area contributed by atoms with Crippen molar-refractivity contribution in [1.29, 1.82) is 0 Å². The van der Waals surface area contributed by atoms with Crippen LogP contribution in [0, 0.1) is 0 Å². The molecule has 0 unspecified atom stereocenters. The summed E-state index contributed by atoms with van der Waals surface area (Å²) < 4.78 is 16.1. The van der Waals surface area contributed by atoms with Gasteiger partial charge in [-0.25, -0.2) is 5.43 Å². The highest BCUT2D eigenvalue weighted by atomic mass is 16.5. The zero-order chi connectivity index (χ0) is 21.8. The van der Waals surface area contributed by atoms with Gasteiger partial charge in [-0.3, -0.25) is 9.59 Å². The van der Waals surface area contributed by atoms with Crippen molar-refractivity contribution in [3.05, 3.63) is 48.0 Å². The Labute approximate surface area is 176 Å². The zero-order valence-corrected chi connectivity index (χ0v) is 17.4. The van der Waals surface area contributed by atoms with Gasteiger partial charge >= 0.3 is 0 Å². The van der Waals surface area contributed by atoms with Crippen LogP contribution in [0.4, 0.5) is 5.69 Å². The predicted molar refractivity (Wildman–Crippen MR) is 115 cm³/mol. The summed E-state index contributed by atoms with van der Waals surface area (Å²) in [6.07, 6.45) is 2.39. The maximum atomic E-state index is 12.0. The third-order valence-corrected chi connectivity index (χ3v) is 4.03. The molecule has 2 amide bonds. The minimum Gasteiger partial charge on any atom is -0.497 e. The van der Waals surface area contributed by atoms with Crippen LogP contribution in [0.2, 0.25) is 0 Å². The first-order valence-electron chi connectivity index (χ1n) is 9.63. The number of nitrogens with zero attached hydrogens (tertiary/aromatic N) is 1. The molecule has 0 bridgehead atoms. The third kappa shape index (κ3) is 7.12. The average Bonchev–Trinajstić information content (AvgIpc) is 2.77. The molecule has 0 aromatic heterocycles. The van der Waals surface area contributed by atoms with Gasteiger partial charge in [-0.2, -0.15) is 5.10 Å². The second kappa shape index (κ2) is 12.1. The smallest absolute Gasteiger partial charge is 0.240 e. The Morgan fingerprint density at radius 1 is 1.00 bits per heavy atom. The number of methoxy groups -OCH3 is 2. The maximum absolute atomic E-state index is 12.0. The largest absolute Gasteiger partial charge is 0.497 e. The fraction of sp³-hybridized carbons (Fsp3) is 0.318. The van der Waals surface area contributed by atoms with Crippen LogP contribution in [0.1, 0.15) is 31.7 Å². The van der Waals surface area contributed by atoms with Crippen molar-refractivity contribution < 1.29 is 23.8 Å². The molecule has 2 N–H and O–H groups in total. The number of para-hydroxylation sites is 1. The summed E-state index contributed by atoms with van der Waals surface area (Å²) in [6, 6.07) is 12.4. The Bertz CT molecular complexity index is 866. The first kappa shape index (κ1) is 22.7. The molecule has 0 aliphatic rings. The van der Waals surface area contributed by atoms with Crippen molar-refractivity contribution in [2.45, 2.75) is 26.2 Å². The summed E-state index contributed by atoms with van der Waals surface area (Å²) in [5.74, 6) is 1.23. The first-order chi connectivity index (χ1) is 14.6. The van der Waals surface area contributed by atoms with Crippen LogP contribution in [-0.4, -0.2) is 38.9 Å². The summed E-state index contributed by atoms with van der Waals surface area (Å²) >= 11 is 0. The molecule has 0 fully saturated rings. The Morgan fingerprint density at radius 2 is 1.73 bits per heavy atom. The molecular weight excluding hydrogens is 386 g/mol. The minimum atomic E-state index is -0.366. The van der Waals surface area contributed by atoms with Gasteiger partial charge in [0.25, 0.3) is 0 Å². The number of ether oxygens (including phenoxy) is 3. The summed E-state index contributed by atoms with van der Waals surface area (Å²) in [5.41, 5.74) is 3.74. The Morgan fingerprint density at radius 3 is 2.40 bits per heavy atom. The van der Waals surface area contributed by atoms with Crippen LogP contribution in [0.25, 0.3) is 0 Å². The Balaban J connectivity index is 1.83. The molecule has 0 aliphatic heterocycles. The quantitative estimate of drug-likeness (QED) is 0.435. The van der Waals surface area contributed by atoms with Gasteiger partial charge < -0.3 is 19.5 Å². The number of anilines is 1. The number of hydrogen-bond donors (Lipinski definition) is 2. The van der Waals surface area contributed by atoms with Crippen molar-refractivity contribution in [3.63, 3.8) is 0 Å². The monoisotopic (exact) mass is 413 g/mol. The van der Waals surface area contributed by atoms with E-state index in [0.29, 0.717) is 35.1 Å². The van der Waals surface area contributed by atoms with Crippen LogP contribution >= 0.6 is 0 Å². The molecule has 0 atom stereocenters. The van der Waals surface area contributed by atoms with Gasteiger partial charge in [0.05, 0.1) is 27.0 Å². The molecule has 0 spiro atoms. The lowest BCUT2D eigenvalue weighted by Crippen LogP contribution is -2.20. The van der Waals surface area contributed by atoms with E-state index < -0.39 is 0 Å². The van der Waals surface area contributed by atoms with Crippen LogP contribution in [0.3, 0.4) is 0 Å². The maximum Gasteiger partial charge on any atom is 0.240 e. The van der Waals surface area contributed by atoms with E-state index in [1.54, 1.807) is 44.6 Å². The summed E-state index contributed by atoms with van der Waals surface area (Å²) in [6.45, 7) is 2.55. The molecular formula is C22H27N3O5. The van der Waals surface area contributed by atoms with Crippen molar-refractivity contribution in [3.8, 4) is 17.2 Å². The number of rotatable bonds is 11. The van der Waals surface area contributed by atoms with Crippen molar-refractivity contribution in [2.24, 2.45) is 5.10 Å². The second-order valence-electron chi connectivity index (χ2n) is 6.30. The molecule has 2 aromatic rings. The van der Waals surface area contributed by atoms with Crippen molar-refractivity contribution in [1.82, 2.24) is 5.43 Å². The topological polar surface area (TPSA) is 98.2 Å². The highest BCUT2D eigenvalue weighted by Crippen LogP contribution is 2.30. The van der Waals surface area contributed by atoms with Gasteiger partial charge in [0.2, 0.25) is 11.8 Å². The number of carbonyl (C=O) groups is 2. The SMILES string of the molecule is CCCOc1c(C=NNC(=O)CCC(=O)Nc2ccc(OC)cc2)cccc1OC. The Hall–Kier alpha value is -3.55. The van der Waals surface area contributed by atoms with E-state index >= 15 is 0 Å². The summed E-state index contributed by atoms with van der Waals surface area (Å²) in [7, 11) is 3.13.